The summed E-state index contributed by atoms with van der Waals surface area (Å²) < 4.78 is 1.02. The fourth-order valence-electron chi connectivity index (χ4n) is 1.68. The molecule has 0 aliphatic carbocycles. The Bertz CT molecular complexity index is 671. The highest BCUT2D eigenvalue weighted by Crippen LogP contribution is 2.26. The molecule has 102 valence electrons. The number of rotatable bonds is 3. The summed E-state index contributed by atoms with van der Waals surface area (Å²) in [5.74, 6) is -0.565. The van der Waals surface area contributed by atoms with Crippen LogP contribution in [0.25, 0.3) is 0 Å². The fraction of sp³-hybridized carbons (Fsp3) is 0. The number of anilines is 2. The maximum Gasteiger partial charge on any atom is 0.304 e. The number of nitrogens with one attached hydrogen (secondary N) is 1. The van der Waals surface area contributed by atoms with Gasteiger partial charge in [0.1, 0.15) is 11.3 Å². The molecule has 2 aromatic rings. The van der Waals surface area contributed by atoms with Crippen LogP contribution in [0.5, 0.6) is 0 Å². The molecule has 2 rings (SSSR count). The number of nitrogens with zero attached hydrogens (tertiary/aromatic N) is 1. The molecular weight excluding hydrogens is 373 g/mol. The topological polar surface area (TPSA) is 98.3 Å². The number of nitro groups is 1. The second-order valence-electron chi connectivity index (χ2n) is 3.96. The smallest absolute Gasteiger partial charge is 0.304 e. The van der Waals surface area contributed by atoms with Crippen molar-refractivity contribution in [2.24, 2.45) is 0 Å². The average Bonchev–Trinajstić information content (AvgIpc) is 2.40. The molecule has 0 aliphatic rings. The second-order valence-corrected chi connectivity index (χ2v) is 5.21. The molecule has 0 unspecified atom stereocenters. The van der Waals surface area contributed by atoms with Gasteiger partial charge < -0.3 is 11.1 Å². The number of nitrogen functional groups attached to an aromatic ring is 1. The molecule has 0 bridgehead atoms. The quantitative estimate of drug-likeness (QED) is 0.368. The highest BCUT2D eigenvalue weighted by Gasteiger charge is 2.23. The first-order chi connectivity index (χ1) is 9.49. The summed E-state index contributed by atoms with van der Waals surface area (Å²) in [5.41, 5.74) is 5.64. The molecule has 6 nitrogen and oxygen atoms in total. The Morgan fingerprint density at radius 3 is 2.45 bits per heavy atom. The monoisotopic (exact) mass is 383 g/mol. The molecule has 0 aromatic heterocycles. The van der Waals surface area contributed by atoms with E-state index in [2.05, 4.69) is 27.9 Å². The molecule has 0 saturated heterocycles. The zero-order chi connectivity index (χ0) is 14.7. The molecule has 20 heavy (non-hydrogen) atoms. The fourth-order valence-corrected chi connectivity index (χ4v) is 2.04. The van der Waals surface area contributed by atoms with Crippen LogP contribution in [0, 0.1) is 13.7 Å². The van der Waals surface area contributed by atoms with Crippen LogP contribution in [0.2, 0.25) is 0 Å². The standard InChI is InChI=1S/C13H10IN3O3/c14-8-4-6-9(7-5-8)16-13(18)10-2-1-3-11(15)12(10)17(19)20/h1-7H,15H2,(H,16,18). The molecule has 0 spiro atoms. The minimum atomic E-state index is -0.655. The van der Waals surface area contributed by atoms with E-state index in [1.54, 1.807) is 12.1 Å². The van der Waals surface area contributed by atoms with E-state index in [1.165, 1.54) is 18.2 Å². The van der Waals surface area contributed by atoms with Gasteiger partial charge >= 0.3 is 5.69 Å². The van der Waals surface area contributed by atoms with E-state index in [0.717, 1.165) is 3.57 Å². The van der Waals surface area contributed by atoms with Gasteiger partial charge in [-0.15, -0.1) is 0 Å². The van der Waals surface area contributed by atoms with Gasteiger partial charge in [0.15, 0.2) is 0 Å². The highest BCUT2D eigenvalue weighted by atomic mass is 127. The number of para-hydroxylation sites is 1. The van der Waals surface area contributed by atoms with Gasteiger partial charge in [0, 0.05) is 9.26 Å². The first-order valence-electron chi connectivity index (χ1n) is 5.59. The SMILES string of the molecule is Nc1cccc(C(=O)Nc2ccc(I)cc2)c1[N+](=O)[O-]. The number of amides is 1. The van der Waals surface area contributed by atoms with E-state index in [0.29, 0.717) is 5.69 Å². The molecule has 0 radical (unpaired) electrons. The van der Waals surface area contributed by atoms with E-state index in [4.69, 9.17) is 5.73 Å². The van der Waals surface area contributed by atoms with Gasteiger partial charge in [-0.1, -0.05) is 6.07 Å². The number of hydrogen-bond donors (Lipinski definition) is 2. The van der Waals surface area contributed by atoms with Gasteiger partial charge in [0.05, 0.1) is 4.92 Å². The first-order valence-corrected chi connectivity index (χ1v) is 6.66. The zero-order valence-electron chi connectivity index (χ0n) is 10.2. The zero-order valence-corrected chi connectivity index (χ0v) is 12.3. The van der Waals surface area contributed by atoms with Crippen LogP contribution >= 0.6 is 22.6 Å². The molecule has 0 atom stereocenters. The Morgan fingerprint density at radius 1 is 1.20 bits per heavy atom. The Morgan fingerprint density at radius 2 is 1.85 bits per heavy atom. The maximum absolute atomic E-state index is 12.1. The van der Waals surface area contributed by atoms with Crippen molar-refractivity contribution in [2.45, 2.75) is 0 Å². The molecule has 1 amide bonds. The van der Waals surface area contributed by atoms with E-state index < -0.39 is 10.8 Å². The highest BCUT2D eigenvalue weighted by molar-refractivity contribution is 14.1. The van der Waals surface area contributed by atoms with E-state index in [9.17, 15) is 14.9 Å². The summed E-state index contributed by atoms with van der Waals surface area (Å²) in [6.45, 7) is 0. The molecule has 0 saturated carbocycles. The number of benzene rings is 2. The molecule has 3 N–H and O–H groups in total. The van der Waals surface area contributed by atoms with Crippen LogP contribution in [0.1, 0.15) is 10.4 Å². The van der Waals surface area contributed by atoms with Gasteiger partial charge in [-0.25, -0.2) is 0 Å². The van der Waals surface area contributed by atoms with Gasteiger partial charge in [-0.05, 0) is 59.0 Å². The van der Waals surface area contributed by atoms with Gasteiger partial charge in [0.2, 0.25) is 0 Å². The van der Waals surface area contributed by atoms with E-state index in [1.807, 2.05) is 12.1 Å². The Labute approximate surface area is 128 Å². The molecule has 2 aromatic carbocycles. The van der Waals surface area contributed by atoms with Crippen LogP contribution in [0.3, 0.4) is 0 Å². The number of halogens is 1. The van der Waals surface area contributed by atoms with Crippen LogP contribution in [0.4, 0.5) is 17.1 Å². The van der Waals surface area contributed by atoms with Gasteiger partial charge in [-0.3, -0.25) is 14.9 Å². The Kier molecular flexibility index (Phi) is 4.18. The lowest BCUT2D eigenvalue weighted by molar-refractivity contribution is -0.384. The minimum Gasteiger partial charge on any atom is -0.393 e. The van der Waals surface area contributed by atoms with Crippen molar-refractivity contribution >= 4 is 45.6 Å². The summed E-state index contributed by atoms with van der Waals surface area (Å²) in [5, 5.41) is 13.6. The van der Waals surface area contributed by atoms with Crippen LogP contribution in [-0.4, -0.2) is 10.8 Å². The molecule has 0 aliphatic heterocycles. The minimum absolute atomic E-state index is 0.0368. The normalized spacial score (nSPS) is 10.1. The largest absolute Gasteiger partial charge is 0.393 e. The first kappa shape index (κ1) is 14.3. The Balaban J connectivity index is 2.32. The van der Waals surface area contributed by atoms with Gasteiger partial charge in [-0.2, -0.15) is 0 Å². The van der Waals surface area contributed by atoms with E-state index >= 15 is 0 Å². The van der Waals surface area contributed by atoms with Crippen LogP contribution < -0.4 is 11.1 Å². The number of nitro benzene ring substituents is 1. The average molecular weight is 383 g/mol. The van der Waals surface area contributed by atoms with E-state index in [-0.39, 0.29) is 16.9 Å². The predicted octanol–water partition coefficient (Wildman–Crippen LogP) is 3.03. The van der Waals surface area contributed by atoms with Crippen LogP contribution in [-0.2, 0) is 0 Å². The summed E-state index contributed by atoms with van der Waals surface area (Å²) >= 11 is 2.14. The second kappa shape index (κ2) is 5.87. The van der Waals surface area contributed by atoms with Crippen LogP contribution in [0.15, 0.2) is 42.5 Å². The van der Waals surface area contributed by atoms with Crippen molar-refractivity contribution in [3.05, 3.63) is 61.7 Å². The molecular formula is C13H10IN3O3. The predicted molar refractivity (Wildman–Crippen MR) is 84.6 cm³/mol. The number of nitrogens with two attached hydrogens (primary N) is 1. The molecule has 7 heteroatoms. The third-order valence-corrected chi connectivity index (χ3v) is 3.32. The van der Waals surface area contributed by atoms with Crippen molar-refractivity contribution in [3.8, 4) is 0 Å². The lowest BCUT2D eigenvalue weighted by atomic mass is 10.1. The van der Waals surface area contributed by atoms with Crippen molar-refractivity contribution in [1.29, 1.82) is 0 Å². The maximum atomic E-state index is 12.1. The number of carbonyl (C=O) groups excluding carboxylic acids is 1. The molecule has 0 fully saturated rings. The summed E-state index contributed by atoms with van der Waals surface area (Å²) in [6.07, 6.45) is 0. The van der Waals surface area contributed by atoms with Crippen molar-refractivity contribution < 1.29 is 9.72 Å². The lowest BCUT2D eigenvalue weighted by Crippen LogP contribution is -2.14. The number of carbonyl (C=O) groups is 1. The summed E-state index contributed by atoms with van der Waals surface area (Å²) in [6, 6.07) is 11.4. The summed E-state index contributed by atoms with van der Waals surface area (Å²) in [7, 11) is 0. The third kappa shape index (κ3) is 3.05. The molecule has 0 heterocycles. The van der Waals surface area contributed by atoms with Crippen molar-refractivity contribution in [3.63, 3.8) is 0 Å². The van der Waals surface area contributed by atoms with Crippen molar-refractivity contribution in [2.75, 3.05) is 11.1 Å². The summed E-state index contributed by atoms with van der Waals surface area (Å²) in [4.78, 5) is 22.4. The van der Waals surface area contributed by atoms with Crippen molar-refractivity contribution in [1.82, 2.24) is 0 Å². The Hall–Kier alpha value is -2.16. The number of hydrogen-bond acceptors (Lipinski definition) is 4. The van der Waals surface area contributed by atoms with Gasteiger partial charge in [0.25, 0.3) is 5.91 Å². The lowest BCUT2D eigenvalue weighted by Gasteiger charge is -2.07. The third-order valence-electron chi connectivity index (χ3n) is 2.60.